The van der Waals surface area contributed by atoms with Gasteiger partial charge < -0.3 is 4.57 Å². The van der Waals surface area contributed by atoms with Gasteiger partial charge in [-0.15, -0.1) is 0 Å². The van der Waals surface area contributed by atoms with Gasteiger partial charge in [0.05, 0.1) is 16.7 Å². The molecule has 2 heterocycles. The fraction of sp³-hybridized carbons (Fsp3) is 0. The van der Waals surface area contributed by atoms with Crippen molar-refractivity contribution in [2.24, 2.45) is 0 Å². The predicted octanol–water partition coefficient (Wildman–Crippen LogP) is 14.1. The lowest BCUT2D eigenvalue weighted by atomic mass is 9.94. The summed E-state index contributed by atoms with van der Waals surface area (Å²) >= 11 is 0. The largest absolute Gasteiger partial charge is 0.308 e. The number of fused-ring (bicyclic) bond motifs is 4. The van der Waals surface area contributed by atoms with E-state index in [-0.39, 0.29) is 0 Å². The van der Waals surface area contributed by atoms with Gasteiger partial charge in [0.15, 0.2) is 17.5 Å². The van der Waals surface area contributed by atoms with Crippen molar-refractivity contribution in [1.29, 1.82) is 0 Å². The van der Waals surface area contributed by atoms with Crippen molar-refractivity contribution in [1.82, 2.24) is 19.5 Å². The second kappa shape index (κ2) is 14.5. The Morgan fingerprint density at radius 1 is 0.254 bits per heavy atom. The minimum atomic E-state index is 0.602. The first kappa shape index (κ1) is 34.3. The molecule has 0 spiro atoms. The maximum absolute atomic E-state index is 5.41. The molecule has 0 fully saturated rings. The molecule has 4 heteroatoms. The summed E-state index contributed by atoms with van der Waals surface area (Å²) in [5, 5.41) is 4.61. The average molecular weight is 753 g/mol. The molecule has 0 atom stereocenters. The number of benzene rings is 9. The van der Waals surface area contributed by atoms with Crippen molar-refractivity contribution >= 4 is 32.6 Å². The highest BCUT2D eigenvalue weighted by molar-refractivity contribution is 6.10. The molecule has 0 aliphatic heterocycles. The second-order valence-electron chi connectivity index (χ2n) is 14.8. The maximum Gasteiger partial charge on any atom is 0.166 e. The monoisotopic (exact) mass is 752 g/mol. The minimum absolute atomic E-state index is 0.602. The molecule has 11 rings (SSSR count). The highest BCUT2D eigenvalue weighted by Crippen LogP contribution is 2.40. The van der Waals surface area contributed by atoms with Gasteiger partial charge in [-0.25, -0.2) is 15.0 Å². The molecular weight excluding hydrogens is 717 g/mol. The van der Waals surface area contributed by atoms with E-state index < -0.39 is 0 Å². The summed E-state index contributed by atoms with van der Waals surface area (Å²) in [6.45, 7) is 0. The maximum atomic E-state index is 5.41. The number of rotatable bonds is 7. The molecule has 11 aromatic rings. The van der Waals surface area contributed by atoms with Crippen LogP contribution < -0.4 is 0 Å². The first-order valence-electron chi connectivity index (χ1n) is 19.9. The van der Waals surface area contributed by atoms with Gasteiger partial charge in [0.2, 0.25) is 0 Å². The molecule has 276 valence electrons. The van der Waals surface area contributed by atoms with Crippen LogP contribution in [0.2, 0.25) is 0 Å². The summed E-state index contributed by atoms with van der Waals surface area (Å²) in [7, 11) is 0. The van der Waals surface area contributed by atoms with Crippen LogP contribution in [0.3, 0.4) is 0 Å². The predicted molar refractivity (Wildman–Crippen MR) is 244 cm³/mol. The SMILES string of the molecule is c1ccc(-c2ccc(-c3nc(-c4ccc(-c5ccccc5)cc4-n4c5ccccc5c5ccccc54)nc(-c4ccc(-c5ccccc5)c5ccccc45)n3)cc2)cc1. The topological polar surface area (TPSA) is 43.6 Å². The van der Waals surface area contributed by atoms with Gasteiger partial charge in [0.1, 0.15) is 0 Å². The Bertz CT molecular complexity index is 3250. The number of aromatic nitrogens is 4. The number of hydrogen-bond donors (Lipinski definition) is 0. The standard InChI is InChI=1S/C55H36N4/c1-4-16-37(17-5-1)39-28-30-41(31-29-39)53-56-54(48-35-34-43(40-20-8-3-9-21-40)44-22-10-11-23-45(44)48)58-55(57-53)49-33-32-42(38-18-6-2-7-19-38)36-52(49)59-50-26-14-12-24-46(50)47-25-13-15-27-51(47)59/h1-36H. The van der Waals surface area contributed by atoms with Crippen LogP contribution in [0.4, 0.5) is 0 Å². The third kappa shape index (κ3) is 6.15. The van der Waals surface area contributed by atoms with Crippen molar-refractivity contribution in [3.63, 3.8) is 0 Å². The molecule has 4 nitrogen and oxygen atoms in total. The third-order valence-electron chi connectivity index (χ3n) is 11.3. The van der Waals surface area contributed by atoms with Crippen LogP contribution in [-0.2, 0) is 0 Å². The van der Waals surface area contributed by atoms with Gasteiger partial charge in [-0.1, -0.05) is 188 Å². The third-order valence-corrected chi connectivity index (χ3v) is 11.3. The fourth-order valence-electron chi connectivity index (χ4n) is 8.45. The minimum Gasteiger partial charge on any atom is -0.308 e. The van der Waals surface area contributed by atoms with Gasteiger partial charge in [-0.05, 0) is 74.5 Å². The van der Waals surface area contributed by atoms with Crippen molar-refractivity contribution in [3.8, 4) is 73.2 Å². The zero-order valence-corrected chi connectivity index (χ0v) is 32.1. The Balaban J connectivity index is 1.18. The smallest absolute Gasteiger partial charge is 0.166 e. The van der Waals surface area contributed by atoms with Gasteiger partial charge in [0, 0.05) is 27.5 Å². The summed E-state index contributed by atoms with van der Waals surface area (Å²) in [4.78, 5) is 16.0. The van der Waals surface area contributed by atoms with E-state index in [1.54, 1.807) is 0 Å². The van der Waals surface area contributed by atoms with Crippen molar-refractivity contribution < 1.29 is 0 Å². The number of nitrogens with zero attached hydrogens (tertiary/aromatic N) is 4. The summed E-state index contributed by atoms with van der Waals surface area (Å²) in [6, 6.07) is 76.9. The lowest BCUT2D eigenvalue weighted by Gasteiger charge is -2.17. The van der Waals surface area contributed by atoms with Crippen LogP contribution >= 0.6 is 0 Å². The van der Waals surface area contributed by atoms with E-state index in [9.17, 15) is 0 Å². The van der Waals surface area contributed by atoms with Crippen molar-refractivity contribution in [3.05, 3.63) is 218 Å². The van der Waals surface area contributed by atoms with E-state index in [2.05, 4.69) is 217 Å². The normalized spacial score (nSPS) is 11.4. The van der Waals surface area contributed by atoms with Crippen LogP contribution in [0, 0.1) is 0 Å². The van der Waals surface area contributed by atoms with Crippen molar-refractivity contribution in [2.45, 2.75) is 0 Å². The second-order valence-corrected chi connectivity index (χ2v) is 14.8. The van der Waals surface area contributed by atoms with E-state index >= 15 is 0 Å². The van der Waals surface area contributed by atoms with Crippen LogP contribution in [0.1, 0.15) is 0 Å². The van der Waals surface area contributed by atoms with E-state index in [0.717, 1.165) is 66.4 Å². The van der Waals surface area contributed by atoms with Crippen molar-refractivity contribution in [2.75, 3.05) is 0 Å². The first-order valence-corrected chi connectivity index (χ1v) is 19.9. The molecule has 0 bridgehead atoms. The Morgan fingerprint density at radius 2 is 0.644 bits per heavy atom. The van der Waals surface area contributed by atoms with Crippen LogP contribution in [0.5, 0.6) is 0 Å². The van der Waals surface area contributed by atoms with E-state index in [4.69, 9.17) is 15.0 Å². The average Bonchev–Trinajstić information content (AvgIpc) is 3.66. The molecule has 2 aromatic heterocycles. The van der Waals surface area contributed by atoms with Gasteiger partial charge in [-0.2, -0.15) is 0 Å². The lowest BCUT2D eigenvalue weighted by Crippen LogP contribution is -2.04. The molecule has 0 saturated heterocycles. The quantitative estimate of drug-likeness (QED) is 0.163. The summed E-state index contributed by atoms with van der Waals surface area (Å²) < 4.78 is 2.37. The molecule has 0 unspecified atom stereocenters. The van der Waals surface area contributed by atoms with Gasteiger partial charge >= 0.3 is 0 Å². The molecular formula is C55H36N4. The zero-order valence-electron chi connectivity index (χ0n) is 32.1. The van der Waals surface area contributed by atoms with Crippen LogP contribution in [0.25, 0.3) is 106 Å². The molecule has 0 radical (unpaired) electrons. The summed E-state index contributed by atoms with van der Waals surface area (Å²) in [6.07, 6.45) is 0. The van der Waals surface area contributed by atoms with Gasteiger partial charge in [0.25, 0.3) is 0 Å². The van der Waals surface area contributed by atoms with E-state index in [1.165, 1.54) is 21.9 Å². The van der Waals surface area contributed by atoms with Crippen LogP contribution in [-0.4, -0.2) is 19.5 Å². The van der Waals surface area contributed by atoms with E-state index in [1.807, 2.05) is 6.07 Å². The molecule has 0 aliphatic rings. The molecule has 0 saturated carbocycles. The zero-order chi connectivity index (χ0) is 39.1. The Morgan fingerprint density at radius 3 is 1.25 bits per heavy atom. The highest BCUT2D eigenvalue weighted by atomic mass is 15.1. The molecule has 0 N–H and O–H groups in total. The Hall–Kier alpha value is -7.95. The Labute approximate surface area is 342 Å². The molecule has 0 amide bonds. The molecule has 59 heavy (non-hydrogen) atoms. The highest BCUT2D eigenvalue weighted by Gasteiger charge is 2.21. The summed E-state index contributed by atoms with van der Waals surface area (Å²) in [5.74, 6) is 1.83. The van der Waals surface area contributed by atoms with Crippen LogP contribution in [0.15, 0.2) is 218 Å². The lowest BCUT2D eigenvalue weighted by molar-refractivity contribution is 1.07. The van der Waals surface area contributed by atoms with Gasteiger partial charge in [-0.3, -0.25) is 0 Å². The molecule has 0 aliphatic carbocycles. The Kier molecular flexibility index (Phi) is 8.45. The number of hydrogen-bond acceptors (Lipinski definition) is 3. The fourth-order valence-corrected chi connectivity index (χ4v) is 8.45. The first-order chi connectivity index (χ1) is 29.3. The molecule has 9 aromatic carbocycles. The van der Waals surface area contributed by atoms with E-state index in [0.29, 0.717) is 17.5 Å². The number of para-hydroxylation sites is 2. The summed E-state index contributed by atoms with van der Waals surface area (Å²) in [5.41, 5.74) is 12.9.